The van der Waals surface area contributed by atoms with Gasteiger partial charge in [0.15, 0.2) is 6.61 Å². The fraction of sp³-hybridized carbons (Fsp3) is 0.278. The van der Waals surface area contributed by atoms with E-state index in [4.69, 9.17) is 4.74 Å². The van der Waals surface area contributed by atoms with Crippen LogP contribution in [0.15, 0.2) is 53.0 Å². The second-order valence-electron chi connectivity index (χ2n) is 6.12. The first-order chi connectivity index (χ1) is 10.3. The summed E-state index contributed by atoms with van der Waals surface area (Å²) in [4.78, 5) is 11.9. The second-order valence-corrected chi connectivity index (χ2v) is 7.04. The molecule has 0 aliphatic rings. The van der Waals surface area contributed by atoms with Gasteiger partial charge in [-0.2, -0.15) is 0 Å². The SMILES string of the molecule is CC(C)(C)c1cccc(OCC(=O)Nc2ccc(Br)cc2)c1. The van der Waals surface area contributed by atoms with Crippen molar-refractivity contribution in [2.45, 2.75) is 26.2 Å². The molecule has 0 spiro atoms. The largest absolute Gasteiger partial charge is 0.484 e. The predicted octanol–water partition coefficient (Wildman–Crippen LogP) is 4.76. The van der Waals surface area contributed by atoms with Gasteiger partial charge < -0.3 is 10.1 Å². The van der Waals surface area contributed by atoms with E-state index in [0.29, 0.717) is 5.75 Å². The maximum atomic E-state index is 11.9. The zero-order valence-electron chi connectivity index (χ0n) is 13.0. The number of hydrogen-bond donors (Lipinski definition) is 1. The highest BCUT2D eigenvalue weighted by atomic mass is 79.9. The molecular weight excluding hydrogens is 342 g/mol. The number of carbonyl (C=O) groups is 1. The minimum atomic E-state index is -0.177. The summed E-state index contributed by atoms with van der Waals surface area (Å²) >= 11 is 3.36. The van der Waals surface area contributed by atoms with E-state index in [1.54, 1.807) is 0 Å². The summed E-state index contributed by atoms with van der Waals surface area (Å²) < 4.78 is 6.55. The zero-order valence-corrected chi connectivity index (χ0v) is 14.6. The molecule has 1 amide bonds. The Balaban J connectivity index is 1.92. The quantitative estimate of drug-likeness (QED) is 0.851. The van der Waals surface area contributed by atoms with Crippen molar-refractivity contribution in [3.05, 3.63) is 58.6 Å². The molecule has 0 atom stereocenters. The Kier molecular flexibility index (Phi) is 5.24. The standard InChI is InChI=1S/C18H20BrNO2/c1-18(2,3)13-5-4-6-16(11-13)22-12-17(21)20-15-9-7-14(19)8-10-15/h4-11H,12H2,1-3H3,(H,20,21). The van der Waals surface area contributed by atoms with Gasteiger partial charge in [-0.3, -0.25) is 4.79 Å². The molecule has 0 saturated heterocycles. The molecule has 0 heterocycles. The molecule has 1 N–H and O–H groups in total. The van der Waals surface area contributed by atoms with Crippen molar-refractivity contribution in [2.75, 3.05) is 11.9 Å². The van der Waals surface area contributed by atoms with Gasteiger partial charge in [-0.05, 0) is 47.4 Å². The summed E-state index contributed by atoms with van der Waals surface area (Å²) in [6, 6.07) is 15.3. The molecule has 2 rings (SSSR count). The van der Waals surface area contributed by atoms with E-state index >= 15 is 0 Å². The Bertz CT molecular complexity index is 645. The third-order valence-corrected chi connectivity index (χ3v) is 3.73. The van der Waals surface area contributed by atoms with Gasteiger partial charge in [0.25, 0.3) is 5.91 Å². The van der Waals surface area contributed by atoms with Crippen molar-refractivity contribution in [3.63, 3.8) is 0 Å². The molecule has 22 heavy (non-hydrogen) atoms. The number of nitrogens with one attached hydrogen (secondary N) is 1. The van der Waals surface area contributed by atoms with Gasteiger partial charge in [-0.1, -0.05) is 48.8 Å². The first-order valence-electron chi connectivity index (χ1n) is 7.13. The Morgan fingerprint density at radius 3 is 2.45 bits per heavy atom. The minimum absolute atomic E-state index is 0.0103. The van der Waals surface area contributed by atoms with Gasteiger partial charge in [0, 0.05) is 10.2 Å². The van der Waals surface area contributed by atoms with Crippen LogP contribution in [-0.4, -0.2) is 12.5 Å². The Labute approximate surface area is 139 Å². The lowest BCUT2D eigenvalue weighted by Crippen LogP contribution is -2.20. The zero-order chi connectivity index (χ0) is 16.2. The smallest absolute Gasteiger partial charge is 0.262 e. The van der Waals surface area contributed by atoms with Gasteiger partial charge in [0.1, 0.15) is 5.75 Å². The van der Waals surface area contributed by atoms with Crippen LogP contribution in [0, 0.1) is 0 Å². The summed E-state index contributed by atoms with van der Waals surface area (Å²) in [5.74, 6) is 0.530. The molecule has 2 aromatic rings. The molecule has 0 bridgehead atoms. The third-order valence-electron chi connectivity index (χ3n) is 3.20. The summed E-state index contributed by atoms with van der Waals surface area (Å²) in [6.45, 7) is 6.43. The van der Waals surface area contributed by atoms with Crippen LogP contribution < -0.4 is 10.1 Å². The molecular formula is C18H20BrNO2. The summed E-state index contributed by atoms with van der Waals surface area (Å²) in [5.41, 5.74) is 1.98. The maximum absolute atomic E-state index is 11.9. The van der Waals surface area contributed by atoms with Gasteiger partial charge >= 0.3 is 0 Å². The van der Waals surface area contributed by atoms with E-state index in [1.165, 1.54) is 5.56 Å². The number of anilines is 1. The summed E-state index contributed by atoms with van der Waals surface area (Å²) in [6.07, 6.45) is 0. The molecule has 0 fully saturated rings. The van der Waals surface area contributed by atoms with Crippen molar-refractivity contribution in [1.82, 2.24) is 0 Å². The van der Waals surface area contributed by atoms with E-state index < -0.39 is 0 Å². The lowest BCUT2D eigenvalue weighted by atomic mass is 9.87. The number of benzene rings is 2. The summed E-state index contributed by atoms with van der Waals surface area (Å²) in [7, 11) is 0. The predicted molar refractivity (Wildman–Crippen MR) is 93.4 cm³/mol. The number of amides is 1. The van der Waals surface area contributed by atoms with Crippen molar-refractivity contribution in [1.29, 1.82) is 0 Å². The average Bonchev–Trinajstić information content (AvgIpc) is 2.47. The Morgan fingerprint density at radius 1 is 1.14 bits per heavy atom. The van der Waals surface area contributed by atoms with Gasteiger partial charge in [0.2, 0.25) is 0 Å². The van der Waals surface area contributed by atoms with Crippen molar-refractivity contribution >= 4 is 27.5 Å². The van der Waals surface area contributed by atoms with Crippen LogP contribution in [0.2, 0.25) is 0 Å². The lowest BCUT2D eigenvalue weighted by Gasteiger charge is -2.19. The van der Waals surface area contributed by atoms with E-state index in [2.05, 4.69) is 48.1 Å². The fourth-order valence-electron chi connectivity index (χ4n) is 1.93. The first-order valence-corrected chi connectivity index (χ1v) is 7.93. The van der Waals surface area contributed by atoms with E-state index in [9.17, 15) is 4.79 Å². The van der Waals surface area contributed by atoms with Gasteiger partial charge in [-0.25, -0.2) is 0 Å². The maximum Gasteiger partial charge on any atom is 0.262 e. The number of rotatable bonds is 4. The average molecular weight is 362 g/mol. The second kappa shape index (κ2) is 6.97. The lowest BCUT2D eigenvalue weighted by molar-refractivity contribution is -0.118. The number of ether oxygens (including phenoxy) is 1. The van der Waals surface area contributed by atoms with Crippen molar-refractivity contribution in [2.24, 2.45) is 0 Å². The molecule has 0 aliphatic heterocycles. The third kappa shape index (κ3) is 4.88. The van der Waals surface area contributed by atoms with Crippen LogP contribution in [0.5, 0.6) is 5.75 Å². The van der Waals surface area contributed by atoms with Crippen LogP contribution in [0.4, 0.5) is 5.69 Å². The molecule has 3 nitrogen and oxygen atoms in total. The monoisotopic (exact) mass is 361 g/mol. The molecule has 0 aliphatic carbocycles. The molecule has 4 heteroatoms. The van der Waals surface area contributed by atoms with Crippen LogP contribution in [-0.2, 0) is 10.2 Å². The number of hydrogen-bond acceptors (Lipinski definition) is 2. The van der Waals surface area contributed by atoms with Crippen LogP contribution in [0.3, 0.4) is 0 Å². The Morgan fingerprint density at radius 2 is 1.82 bits per heavy atom. The molecule has 0 unspecified atom stereocenters. The highest BCUT2D eigenvalue weighted by molar-refractivity contribution is 9.10. The number of halogens is 1. The highest BCUT2D eigenvalue weighted by Crippen LogP contribution is 2.25. The normalized spacial score (nSPS) is 11.1. The van der Waals surface area contributed by atoms with Gasteiger partial charge in [-0.15, -0.1) is 0 Å². The first kappa shape index (κ1) is 16.6. The van der Waals surface area contributed by atoms with Crippen LogP contribution in [0.25, 0.3) is 0 Å². The summed E-state index contributed by atoms with van der Waals surface area (Å²) in [5, 5.41) is 2.80. The van der Waals surface area contributed by atoms with E-state index in [-0.39, 0.29) is 17.9 Å². The van der Waals surface area contributed by atoms with Crippen molar-refractivity contribution < 1.29 is 9.53 Å². The molecule has 2 aromatic carbocycles. The molecule has 0 saturated carbocycles. The van der Waals surface area contributed by atoms with E-state index in [0.717, 1.165) is 10.2 Å². The van der Waals surface area contributed by atoms with Gasteiger partial charge in [0.05, 0.1) is 0 Å². The molecule has 0 radical (unpaired) electrons. The molecule has 116 valence electrons. The minimum Gasteiger partial charge on any atom is -0.484 e. The molecule has 0 aromatic heterocycles. The Hall–Kier alpha value is -1.81. The van der Waals surface area contributed by atoms with Crippen LogP contribution >= 0.6 is 15.9 Å². The van der Waals surface area contributed by atoms with Crippen LogP contribution in [0.1, 0.15) is 26.3 Å². The van der Waals surface area contributed by atoms with Crippen molar-refractivity contribution in [3.8, 4) is 5.75 Å². The van der Waals surface area contributed by atoms with E-state index in [1.807, 2.05) is 42.5 Å². The topological polar surface area (TPSA) is 38.3 Å². The highest BCUT2D eigenvalue weighted by Gasteiger charge is 2.14. The fourth-order valence-corrected chi connectivity index (χ4v) is 2.20. The number of carbonyl (C=O) groups excluding carboxylic acids is 1.